The Balaban J connectivity index is 1.09. The summed E-state index contributed by atoms with van der Waals surface area (Å²) in [4.78, 5) is 26.2. The third kappa shape index (κ3) is 6.48. The van der Waals surface area contributed by atoms with Crippen molar-refractivity contribution in [1.29, 1.82) is 0 Å². The maximum atomic E-state index is 6.59. The zero-order valence-corrected chi connectivity index (χ0v) is 29.0. The van der Waals surface area contributed by atoms with Gasteiger partial charge in [0.2, 0.25) is 5.95 Å². The van der Waals surface area contributed by atoms with Crippen molar-refractivity contribution in [3.63, 3.8) is 0 Å². The fourth-order valence-corrected chi connectivity index (χ4v) is 8.07. The molecule has 4 aromatic rings. The number of aryl methyl sites for hydroxylation is 1. The van der Waals surface area contributed by atoms with Crippen LogP contribution in [0.15, 0.2) is 42.9 Å². The molecule has 2 atom stereocenters. The fourth-order valence-electron chi connectivity index (χ4n) is 7.52. The Kier molecular flexibility index (Phi) is 9.44. The topological polar surface area (TPSA) is 107 Å². The Labute approximate surface area is 286 Å². The maximum Gasteiger partial charge on any atom is 0.229 e. The molecule has 0 spiro atoms. The number of anilines is 6. The van der Waals surface area contributed by atoms with Crippen molar-refractivity contribution in [3.05, 3.63) is 53.4 Å². The van der Waals surface area contributed by atoms with Gasteiger partial charge in [-0.2, -0.15) is 4.98 Å². The van der Waals surface area contributed by atoms with Crippen LogP contribution < -0.4 is 25.0 Å². The molecule has 4 aliphatic heterocycles. The lowest BCUT2D eigenvalue weighted by atomic mass is 9.88. The summed E-state index contributed by atoms with van der Waals surface area (Å²) >= 11 is 8.06. The summed E-state index contributed by atoms with van der Waals surface area (Å²) in [7, 11) is 4.01. The van der Waals surface area contributed by atoms with Crippen LogP contribution in [0.3, 0.4) is 0 Å². The number of hydrogen-bond donors (Lipinski definition) is 3. The van der Waals surface area contributed by atoms with Crippen molar-refractivity contribution in [2.45, 2.75) is 57.2 Å². The van der Waals surface area contributed by atoms with Gasteiger partial charge in [0.25, 0.3) is 0 Å². The van der Waals surface area contributed by atoms with Gasteiger partial charge in [0.15, 0.2) is 5.82 Å². The minimum Gasteiger partial charge on any atom is -0.494 e. The van der Waals surface area contributed by atoms with E-state index in [0.717, 1.165) is 65.4 Å². The van der Waals surface area contributed by atoms with Gasteiger partial charge >= 0.3 is 0 Å². The van der Waals surface area contributed by atoms with E-state index in [1.165, 1.54) is 62.0 Å². The van der Waals surface area contributed by atoms with Gasteiger partial charge in [-0.1, -0.05) is 30.5 Å². The first-order valence-electron chi connectivity index (χ1n) is 16.5. The molecule has 13 heteroatoms. The van der Waals surface area contributed by atoms with Crippen LogP contribution >= 0.6 is 23.5 Å². The Morgan fingerprint density at radius 3 is 2.49 bits per heavy atom. The second-order valence-electron chi connectivity index (χ2n) is 12.6. The molecule has 4 saturated heterocycles. The Morgan fingerprint density at radius 1 is 0.957 bits per heavy atom. The van der Waals surface area contributed by atoms with Crippen molar-refractivity contribution in [2.24, 2.45) is 0 Å². The number of rotatable bonds is 10. The molecule has 6 heterocycles. The SMILES string of the molecule is CCc1cc(Nc2ncc(Cl)c(Nc3ccc4nccnc4c3NSC)n2)c(OC)cc1N1CCC(N2CC3CCC2CN3C)CC1. The first-order chi connectivity index (χ1) is 22.9. The average molecular weight is 675 g/mol. The summed E-state index contributed by atoms with van der Waals surface area (Å²) < 4.78 is 9.24. The van der Waals surface area contributed by atoms with Gasteiger partial charge in [-0.3, -0.25) is 14.9 Å². The second-order valence-corrected chi connectivity index (χ2v) is 13.7. The van der Waals surface area contributed by atoms with Gasteiger partial charge in [-0.25, -0.2) is 4.98 Å². The highest BCUT2D eigenvalue weighted by Crippen LogP contribution is 2.39. The Hall–Kier alpha value is -3.58. The third-order valence-electron chi connectivity index (χ3n) is 9.99. The number of piperidine rings is 3. The number of fused-ring (bicyclic) bond motifs is 4. The molecule has 248 valence electrons. The van der Waals surface area contributed by atoms with Crippen molar-refractivity contribution in [1.82, 2.24) is 29.7 Å². The first kappa shape index (κ1) is 32.0. The molecule has 4 fully saturated rings. The van der Waals surface area contributed by atoms with Gasteiger partial charge in [-0.15, -0.1) is 0 Å². The molecule has 47 heavy (non-hydrogen) atoms. The van der Waals surface area contributed by atoms with Crippen molar-refractivity contribution >= 4 is 69.1 Å². The zero-order valence-electron chi connectivity index (χ0n) is 27.5. The van der Waals surface area contributed by atoms with E-state index in [0.29, 0.717) is 22.8 Å². The molecule has 2 unspecified atom stereocenters. The normalized spacial score (nSPS) is 20.5. The summed E-state index contributed by atoms with van der Waals surface area (Å²) in [6.45, 7) is 6.77. The number of hydrogen-bond acceptors (Lipinski definition) is 12. The van der Waals surface area contributed by atoms with Gasteiger partial charge in [0.05, 0.1) is 35.9 Å². The second kappa shape index (κ2) is 13.9. The largest absolute Gasteiger partial charge is 0.494 e. The van der Waals surface area contributed by atoms with Crippen molar-refractivity contribution in [3.8, 4) is 5.75 Å². The zero-order chi connectivity index (χ0) is 32.5. The molecular weight excluding hydrogens is 632 g/mol. The van der Waals surface area contributed by atoms with Crippen LogP contribution in [0, 0.1) is 0 Å². The lowest BCUT2D eigenvalue weighted by Crippen LogP contribution is -2.64. The van der Waals surface area contributed by atoms with Crippen molar-refractivity contribution in [2.75, 3.05) is 66.8 Å². The van der Waals surface area contributed by atoms with Crippen LogP contribution in [0.25, 0.3) is 11.0 Å². The third-order valence-corrected chi connectivity index (χ3v) is 10.7. The highest BCUT2D eigenvalue weighted by Gasteiger charge is 2.41. The summed E-state index contributed by atoms with van der Waals surface area (Å²) in [5.41, 5.74) is 6.45. The summed E-state index contributed by atoms with van der Waals surface area (Å²) in [5, 5.41) is 7.18. The van der Waals surface area contributed by atoms with E-state index in [2.05, 4.69) is 71.1 Å². The monoisotopic (exact) mass is 674 g/mol. The van der Waals surface area contributed by atoms with Crippen LogP contribution in [-0.4, -0.2) is 94.5 Å². The number of halogens is 1. The molecule has 0 saturated carbocycles. The quantitative estimate of drug-likeness (QED) is 0.159. The number of likely N-dealkylation sites (N-methyl/N-ethyl adjacent to an activating group) is 1. The Bertz CT molecular complexity index is 1740. The summed E-state index contributed by atoms with van der Waals surface area (Å²) in [5.74, 6) is 1.63. The molecule has 0 radical (unpaired) electrons. The van der Waals surface area contributed by atoms with E-state index in [1.54, 1.807) is 25.7 Å². The molecule has 2 bridgehead atoms. The number of nitrogens with zero attached hydrogens (tertiary/aromatic N) is 7. The maximum absolute atomic E-state index is 6.59. The van der Waals surface area contributed by atoms with E-state index in [-0.39, 0.29) is 0 Å². The lowest BCUT2D eigenvalue weighted by Gasteiger charge is -2.54. The molecule has 2 aromatic carbocycles. The molecule has 0 aliphatic carbocycles. The lowest BCUT2D eigenvalue weighted by molar-refractivity contribution is -0.0360. The van der Waals surface area contributed by atoms with Crippen molar-refractivity contribution < 1.29 is 4.74 Å². The molecule has 3 N–H and O–H groups in total. The first-order valence-corrected chi connectivity index (χ1v) is 18.1. The van der Waals surface area contributed by atoms with Gasteiger partial charge in [0, 0.05) is 74.7 Å². The van der Waals surface area contributed by atoms with Crippen LogP contribution in [0.2, 0.25) is 5.02 Å². The van der Waals surface area contributed by atoms with Gasteiger partial charge in [0.1, 0.15) is 16.3 Å². The molecule has 2 aromatic heterocycles. The minimum absolute atomic E-state index is 0.397. The van der Waals surface area contributed by atoms with Crippen LogP contribution in [0.5, 0.6) is 5.75 Å². The van der Waals surface area contributed by atoms with Gasteiger partial charge < -0.3 is 29.9 Å². The van der Waals surface area contributed by atoms with Crippen LogP contribution in [0.4, 0.5) is 34.5 Å². The minimum atomic E-state index is 0.397. The van der Waals surface area contributed by atoms with E-state index in [1.807, 2.05) is 18.4 Å². The highest BCUT2D eigenvalue weighted by molar-refractivity contribution is 7.99. The summed E-state index contributed by atoms with van der Waals surface area (Å²) in [6, 6.07) is 10.3. The Morgan fingerprint density at radius 2 is 1.77 bits per heavy atom. The number of ether oxygens (including phenoxy) is 1. The molecular formula is C34H43ClN10OS. The number of piperazine rings is 1. The van der Waals surface area contributed by atoms with Crippen LogP contribution in [-0.2, 0) is 6.42 Å². The molecule has 8 rings (SSSR count). The van der Waals surface area contributed by atoms with E-state index in [9.17, 15) is 0 Å². The van der Waals surface area contributed by atoms with E-state index >= 15 is 0 Å². The van der Waals surface area contributed by atoms with Gasteiger partial charge in [-0.05, 0) is 62.9 Å². The van der Waals surface area contributed by atoms with Crippen LogP contribution in [0.1, 0.15) is 38.2 Å². The smallest absolute Gasteiger partial charge is 0.229 e. The molecule has 0 amide bonds. The summed E-state index contributed by atoms with van der Waals surface area (Å²) in [6.07, 6.45) is 12.9. The number of benzene rings is 2. The standard InChI is InChI=1S/C34H43ClN10OS/c1-5-21-16-28(30(46-3)17-29(21)44-14-10-22(11-15-44)45-20-23-6-7-24(45)19-43(23)2)40-34-38-18-25(35)33(41-34)39-27-9-8-26-31(32(27)42-47-4)37-13-12-36-26/h8-9,12-13,16-18,22-24,42H,5-7,10-11,14-15,19-20H2,1-4H3,(H2,38,39,40,41). The molecule has 4 aliphatic rings. The fraction of sp³-hybridized carbons (Fsp3) is 0.471. The van der Waals surface area contributed by atoms with E-state index < -0.39 is 0 Å². The predicted octanol–water partition coefficient (Wildman–Crippen LogP) is 6.57. The molecule has 11 nitrogen and oxygen atoms in total. The predicted molar refractivity (Wildman–Crippen MR) is 194 cm³/mol. The number of methoxy groups -OCH3 is 1. The number of aromatic nitrogens is 4. The number of nitrogens with one attached hydrogen (secondary N) is 3. The average Bonchev–Trinajstić information content (AvgIpc) is 3.10. The highest BCUT2D eigenvalue weighted by atomic mass is 35.5. The van der Waals surface area contributed by atoms with E-state index in [4.69, 9.17) is 21.3 Å².